The second kappa shape index (κ2) is 10.5. The highest BCUT2D eigenvalue weighted by atomic mass is 28.3. The van der Waals surface area contributed by atoms with Crippen LogP contribution in [0.1, 0.15) is 31.2 Å². The number of ether oxygens (including phenoxy) is 1. The molecule has 1 unspecified atom stereocenters. The van der Waals surface area contributed by atoms with Gasteiger partial charge in [-0.25, -0.2) is 9.67 Å². The van der Waals surface area contributed by atoms with Gasteiger partial charge in [0.2, 0.25) is 0 Å². The lowest BCUT2D eigenvalue weighted by Gasteiger charge is -2.30. The van der Waals surface area contributed by atoms with E-state index in [1.54, 1.807) is 16.0 Å². The van der Waals surface area contributed by atoms with Gasteiger partial charge in [0, 0.05) is 39.9 Å². The Balaban J connectivity index is 1.03. The van der Waals surface area contributed by atoms with Gasteiger partial charge in [-0.2, -0.15) is 5.10 Å². The van der Waals surface area contributed by atoms with Crippen LogP contribution >= 0.6 is 0 Å². The zero-order chi connectivity index (χ0) is 32.8. The van der Waals surface area contributed by atoms with E-state index in [-0.39, 0.29) is 0 Å². The molecule has 3 aromatic heterocycles. The van der Waals surface area contributed by atoms with Crippen molar-refractivity contribution in [2.24, 2.45) is 0 Å². The van der Waals surface area contributed by atoms with Crippen LogP contribution in [0, 0.1) is 0 Å². The summed E-state index contributed by atoms with van der Waals surface area (Å²) in [5, 5.41) is 13.7. The molecule has 0 saturated carbocycles. The van der Waals surface area contributed by atoms with Gasteiger partial charge in [0.1, 0.15) is 17.3 Å². The predicted octanol–water partition coefficient (Wildman–Crippen LogP) is 8.49. The SMILES string of the molecule is c1ccc(-n2c3ccccc3c3ccc(Oc4cccc(-n5ncc6c5-c5ccccc5[Si]65C6=C(CCCC6)c6ccccc65)c4)cc32)nc1. The molecule has 50 heavy (non-hydrogen) atoms. The Labute approximate surface area is 290 Å². The van der Waals surface area contributed by atoms with Crippen LogP contribution in [0.3, 0.4) is 0 Å². The van der Waals surface area contributed by atoms with Crippen molar-refractivity contribution >= 4 is 51.0 Å². The molecule has 1 atom stereocenters. The number of para-hydroxylation sites is 1. The summed E-state index contributed by atoms with van der Waals surface area (Å²) >= 11 is 0. The van der Waals surface area contributed by atoms with E-state index < -0.39 is 8.07 Å². The van der Waals surface area contributed by atoms with Crippen molar-refractivity contribution in [3.63, 3.8) is 0 Å². The standard InChI is InChI=1S/C44H32N4OSi/c1-5-18-37-32(14-1)33-24-23-31(27-38(33)47(37)43-22-9-10-25-45-43)49-30-13-11-12-29(26-30)48-44-36-17-4-8-21-41(36)50(42(44)28-46-48)39-19-6-2-15-34(39)35-16-3-7-20-40(35)50/h1-2,4-6,8-15,17-19,21-28H,3,7,16,20H2. The number of aromatic nitrogens is 4. The van der Waals surface area contributed by atoms with Crippen LogP contribution in [0.4, 0.5) is 0 Å². The summed E-state index contributed by atoms with van der Waals surface area (Å²) < 4.78 is 11.0. The van der Waals surface area contributed by atoms with Crippen molar-refractivity contribution in [2.45, 2.75) is 25.7 Å². The predicted molar refractivity (Wildman–Crippen MR) is 204 cm³/mol. The zero-order valence-corrected chi connectivity index (χ0v) is 28.4. The van der Waals surface area contributed by atoms with E-state index in [9.17, 15) is 0 Å². The summed E-state index contributed by atoms with van der Waals surface area (Å²) in [7, 11) is -2.40. The molecule has 5 heterocycles. The van der Waals surface area contributed by atoms with E-state index in [2.05, 4.69) is 125 Å². The van der Waals surface area contributed by atoms with Gasteiger partial charge >= 0.3 is 0 Å². The van der Waals surface area contributed by atoms with Crippen molar-refractivity contribution in [1.82, 2.24) is 19.3 Å². The maximum Gasteiger partial charge on any atom is 0.181 e. The smallest absolute Gasteiger partial charge is 0.181 e. The fourth-order valence-electron chi connectivity index (χ4n) is 9.27. The molecular formula is C44H32N4OSi. The van der Waals surface area contributed by atoms with Crippen LogP contribution in [0.25, 0.3) is 50.1 Å². The lowest BCUT2D eigenvalue weighted by Crippen LogP contribution is -2.65. The summed E-state index contributed by atoms with van der Waals surface area (Å²) in [5.74, 6) is 2.43. The third kappa shape index (κ3) is 3.71. The molecule has 0 bridgehead atoms. The van der Waals surface area contributed by atoms with Gasteiger partial charge in [0.25, 0.3) is 0 Å². The minimum Gasteiger partial charge on any atom is -0.457 e. The normalized spacial score (nSPS) is 17.3. The van der Waals surface area contributed by atoms with Gasteiger partial charge in [0.05, 0.1) is 28.6 Å². The molecule has 5 nitrogen and oxygen atoms in total. The molecule has 0 N–H and O–H groups in total. The van der Waals surface area contributed by atoms with E-state index in [1.165, 1.54) is 63.7 Å². The average molecular weight is 661 g/mol. The molecule has 0 fully saturated rings. The average Bonchev–Trinajstić information content (AvgIpc) is 3.91. The summed E-state index contributed by atoms with van der Waals surface area (Å²) in [6.07, 6.45) is 8.94. The Bertz CT molecular complexity index is 2700. The fraction of sp³-hybridized carbons (Fsp3) is 0.0909. The summed E-state index contributed by atoms with van der Waals surface area (Å²) in [6, 6.07) is 47.6. The van der Waals surface area contributed by atoms with E-state index in [0.717, 1.165) is 34.0 Å². The molecular weight excluding hydrogens is 629 g/mol. The molecule has 11 rings (SSSR count). The summed E-state index contributed by atoms with van der Waals surface area (Å²) in [6.45, 7) is 0. The molecule has 2 aliphatic heterocycles. The number of hydrogen-bond donors (Lipinski definition) is 0. The molecule has 0 radical (unpaired) electrons. The molecule has 0 amide bonds. The van der Waals surface area contributed by atoms with Gasteiger partial charge < -0.3 is 4.74 Å². The van der Waals surface area contributed by atoms with Crippen LogP contribution in [0.5, 0.6) is 11.5 Å². The van der Waals surface area contributed by atoms with E-state index in [1.807, 2.05) is 30.5 Å². The number of pyridine rings is 1. The Kier molecular flexibility index (Phi) is 5.87. The Morgan fingerprint density at radius 1 is 0.600 bits per heavy atom. The summed E-state index contributed by atoms with van der Waals surface area (Å²) in [4.78, 5) is 4.69. The van der Waals surface area contributed by atoms with Crippen LogP contribution < -0.4 is 20.3 Å². The second-order valence-corrected chi connectivity index (χ2v) is 17.4. The van der Waals surface area contributed by atoms with Crippen molar-refractivity contribution in [3.8, 4) is 34.3 Å². The van der Waals surface area contributed by atoms with Gasteiger partial charge in [-0.05, 0) is 89.7 Å². The van der Waals surface area contributed by atoms with Crippen molar-refractivity contribution < 1.29 is 4.74 Å². The number of nitrogens with zero attached hydrogens (tertiary/aromatic N) is 4. The third-order valence-electron chi connectivity index (χ3n) is 11.2. The van der Waals surface area contributed by atoms with Crippen molar-refractivity contribution in [2.75, 3.05) is 0 Å². The largest absolute Gasteiger partial charge is 0.457 e. The van der Waals surface area contributed by atoms with Gasteiger partial charge in [0.15, 0.2) is 8.07 Å². The first kappa shape index (κ1) is 27.9. The maximum atomic E-state index is 6.64. The second-order valence-electron chi connectivity index (χ2n) is 13.6. The quantitative estimate of drug-likeness (QED) is 0.178. The van der Waals surface area contributed by atoms with Gasteiger partial charge in [-0.3, -0.25) is 4.57 Å². The van der Waals surface area contributed by atoms with Gasteiger partial charge in [-0.15, -0.1) is 0 Å². The third-order valence-corrected chi connectivity index (χ3v) is 16.3. The molecule has 238 valence electrons. The van der Waals surface area contributed by atoms with Crippen LogP contribution in [0.2, 0.25) is 0 Å². The first-order valence-corrected chi connectivity index (χ1v) is 19.5. The first-order chi connectivity index (χ1) is 24.8. The number of hydrogen-bond acceptors (Lipinski definition) is 3. The zero-order valence-electron chi connectivity index (χ0n) is 27.4. The first-order valence-electron chi connectivity index (χ1n) is 17.5. The minimum absolute atomic E-state index is 0.772. The highest BCUT2D eigenvalue weighted by Crippen LogP contribution is 2.46. The molecule has 0 saturated heterocycles. The molecule has 1 aliphatic carbocycles. The minimum atomic E-state index is -2.40. The Morgan fingerprint density at radius 3 is 2.26 bits per heavy atom. The molecule has 3 aliphatic rings. The molecule has 1 spiro atoms. The lowest BCUT2D eigenvalue weighted by molar-refractivity contribution is 0.483. The van der Waals surface area contributed by atoms with Crippen molar-refractivity contribution in [1.29, 1.82) is 0 Å². The number of fused-ring (bicyclic) bond motifs is 12. The van der Waals surface area contributed by atoms with Crippen LogP contribution in [-0.4, -0.2) is 27.4 Å². The maximum absolute atomic E-state index is 6.64. The number of rotatable bonds is 4. The number of benzene rings is 5. The fourth-order valence-corrected chi connectivity index (χ4v) is 15.2. The highest BCUT2D eigenvalue weighted by Gasteiger charge is 2.56. The monoisotopic (exact) mass is 660 g/mol. The van der Waals surface area contributed by atoms with Crippen LogP contribution in [-0.2, 0) is 0 Å². The number of allylic oxidation sites excluding steroid dienone is 2. The van der Waals surface area contributed by atoms with Crippen LogP contribution in [0.15, 0.2) is 151 Å². The molecule has 8 aromatic rings. The Morgan fingerprint density at radius 2 is 1.36 bits per heavy atom. The highest BCUT2D eigenvalue weighted by molar-refractivity contribution is 7.20. The van der Waals surface area contributed by atoms with E-state index >= 15 is 0 Å². The Hall–Kier alpha value is -5.98. The van der Waals surface area contributed by atoms with E-state index in [0.29, 0.717) is 0 Å². The van der Waals surface area contributed by atoms with Crippen molar-refractivity contribution in [3.05, 3.63) is 157 Å². The molecule has 6 heteroatoms. The lowest BCUT2D eigenvalue weighted by atomic mass is 9.94. The molecule has 5 aromatic carbocycles. The van der Waals surface area contributed by atoms with Gasteiger partial charge in [-0.1, -0.05) is 84.1 Å². The topological polar surface area (TPSA) is 44.9 Å². The summed E-state index contributed by atoms with van der Waals surface area (Å²) in [5.41, 5.74) is 8.83. The van der Waals surface area contributed by atoms with E-state index in [4.69, 9.17) is 14.8 Å².